The fourth-order valence-electron chi connectivity index (χ4n) is 4.21. The Morgan fingerprint density at radius 2 is 2.35 bits per heavy atom. The minimum absolute atomic E-state index is 0.156. The Balaban J connectivity index is 1.83. The second kappa shape index (κ2) is 5.80. The van der Waals surface area contributed by atoms with Crippen LogP contribution in [0.2, 0.25) is 0 Å². The van der Waals surface area contributed by atoms with Gasteiger partial charge < -0.3 is 5.73 Å². The van der Waals surface area contributed by atoms with Gasteiger partial charge in [-0.2, -0.15) is 0 Å². The zero-order valence-electron chi connectivity index (χ0n) is 12.5. The average Bonchev–Trinajstić information content (AvgIpc) is 3.08. The second-order valence-electron chi connectivity index (χ2n) is 6.09. The van der Waals surface area contributed by atoms with Crippen LogP contribution in [0.5, 0.6) is 0 Å². The third-order valence-electron chi connectivity index (χ3n) is 5.26. The topological polar surface area (TPSA) is 45.4 Å². The summed E-state index contributed by atoms with van der Waals surface area (Å²) in [6, 6.07) is 6.82. The molecule has 3 rings (SSSR count). The van der Waals surface area contributed by atoms with Gasteiger partial charge in [-0.25, -0.2) is 0 Å². The standard InChI is InChI=1S/C16H26N4/c1-2-20(12-14-6-3-4-9-18-14)16(13-17)8-11-19-10-5-7-15(16)19/h3-4,6,9,15H,2,5,7-8,10-13,17H2,1H3. The molecule has 0 radical (unpaired) electrons. The summed E-state index contributed by atoms with van der Waals surface area (Å²) in [6.45, 7) is 7.43. The van der Waals surface area contributed by atoms with Crippen LogP contribution in [-0.4, -0.2) is 52.5 Å². The number of rotatable bonds is 5. The highest BCUT2D eigenvalue weighted by Gasteiger charge is 2.51. The largest absolute Gasteiger partial charge is 0.329 e. The van der Waals surface area contributed by atoms with Gasteiger partial charge in [0.1, 0.15) is 0 Å². The summed E-state index contributed by atoms with van der Waals surface area (Å²) < 4.78 is 0. The molecular formula is C16H26N4. The van der Waals surface area contributed by atoms with E-state index in [2.05, 4.69) is 33.8 Å². The number of nitrogens with two attached hydrogens (primary N) is 1. The molecule has 20 heavy (non-hydrogen) atoms. The molecule has 1 aromatic rings. The van der Waals surface area contributed by atoms with E-state index in [1.165, 1.54) is 32.4 Å². The van der Waals surface area contributed by atoms with Gasteiger partial charge in [-0.05, 0) is 44.5 Å². The van der Waals surface area contributed by atoms with Gasteiger partial charge in [-0.3, -0.25) is 14.8 Å². The van der Waals surface area contributed by atoms with E-state index in [0.29, 0.717) is 6.04 Å². The van der Waals surface area contributed by atoms with Crippen molar-refractivity contribution < 1.29 is 0 Å². The SMILES string of the molecule is CCN(Cc1ccccn1)C1(CN)CCN2CCCC21. The van der Waals surface area contributed by atoms with Crippen LogP contribution in [0.25, 0.3) is 0 Å². The van der Waals surface area contributed by atoms with Crippen molar-refractivity contribution in [2.75, 3.05) is 26.2 Å². The van der Waals surface area contributed by atoms with Crippen LogP contribution >= 0.6 is 0 Å². The highest BCUT2D eigenvalue weighted by molar-refractivity contribution is 5.12. The van der Waals surface area contributed by atoms with E-state index < -0.39 is 0 Å². The lowest BCUT2D eigenvalue weighted by Gasteiger charge is -2.44. The maximum atomic E-state index is 6.27. The highest BCUT2D eigenvalue weighted by Crippen LogP contribution is 2.40. The van der Waals surface area contributed by atoms with E-state index in [4.69, 9.17) is 5.73 Å². The first kappa shape index (κ1) is 14.0. The zero-order chi connectivity index (χ0) is 14.0. The number of hydrogen-bond donors (Lipinski definition) is 1. The zero-order valence-corrected chi connectivity index (χ0v) is 12.5. The van der Waals surface area contributed by atoms with Gasteiger partial charge in [0.25, 0.3) is 0 Å². The Bertz CT molecular complexity index is 435. The summed E-state index contributed by atoms with van der Waals surface area (Å²) in [4.78, 5) is 9.71. The van der Waals surface area contributed by atoms with Crippen LogP contribution < -0.4 is 5.73 Å². The predicted octanol–water partition coefficient (Wildman–Crippen LogP) is 1.47. The van der Waals surface area contributed by atoms with Crippen molar-refractivity contribution in [3.63, 3.8) is 0 Å². The normalized spacial score (nSPS) is 30.1. The first-order valence-corrected chi connectivity index (χ1v) is 7.89. The minimum Gasteiger partial charge on any atom is -0.329 e. The molecule has 1 aromatic heterocycles. The molecule has 2 unspecified atom stereocenters. The molecule has 3 heterocycles. The predicted molar refractivity (Wildman–Crippen MR) is 81.3 cm³/mol. The molecule has 2 aliphatic rings. The Kier molecular flexibility index (Phi) is 4.06. The van der Waals surface area contributed by atoms with Crippen molar-refractivity contribution >= 4 is 0 Å². The maximum Gasteiger partial charge on any atom is 0.0544 e. The minimum atomic E-state index is 0.156. The van der Waals surface area contributed by atoms with Gasteiger partial charge in [0.05, 0.1) is 11.2 Å². The van der Waals surface area contributed by atoms with E-state index in [1.54, 1.807) is 0 Å². The summed E-state index contributed by atoms with van der Waals surface area (Å²) in [7, 11) is 0. The Morgan fingerprint density at radius 3 is 3.05 bits per heavy atom. The highest BCUT2D eigenvalue weighted by atomic mass is 15.3. The lowest BCUT2D eigenvalue weighted by molar-refractivity contribution is 0.0617. The molecule has 2 N–H and O–H groups in total. The first-order chi connectivity index (χ1) is 9.80. The second-order valence-corrected chi connectivity index (χ2v) is 6.09. The third kappa shape index (κ3) is 2.26. The van der Waals surface area contributed by atoms with Gasteiger partial charge >= 0.3 is 0 Å². The Hall–Kier alpha value is -0.970. The fraction of sp³-hybridized carbons (Fsp3) is 0.688. The van der Waals surface area contributed by atoms with Crippen molar-refractivity contribution in [1.82, 2.24) is 14.8 Å². The van der Waals surface area contributed by atoms with Gasteiger partial charge in [0, 0.05) is 31.9 Å². The van der Waals surface area contributed by atoms with Crippen molar-refractivity contribution in [2.24, 2.45) is 5.73 Å². The maximum absolute atomic E-state index is 6.27. The molecule has 2 aliphatic heterocycles. The van der Waals surface area contributed by atoms with E-state index in [-0.39, 0.29) is 5.54 Å². The number of aromatic nitrogens is 1. The summed E-state index contributed by atoms with van der Waals surface area (Å²) in [6.07, 6.45) is 5.72. The number of hydrogen-bond acceptors (Lipinski definition) is 4. The van der Waals surface area contributed by atoms with Gasteiger partial charge in [-0.1, -0.05) is 13.0 Å². The Labute approximate surface area is 122 Å². The quantitative estimate of drug-likeness (QED) is 0.883. The third-order valence-corrected chi connectivity index (χ3v) is 5.26. The fourth-order valence-corrected chi connectivity index (χ4v) is 4.21. The molecule has 0 spiro atoms. The molecule has 0 amide bonds. The van der Waals surface area contributed by atoms with Crippen LogP contribution in [0.3, 0.4) is 0 Å². The van der Waals surface area contributed by atoms with Gasteiger partial charge in [0.2, 0.25) is 0 Å². The molecule has 2 saturated heterocycles. The smallest absolute Gasteiger partial charge is 0.0544 e. The molecule has 4 nitrogen and oxygen atoms in total. The number of pyridine rings is 1. The van der Waals surface area contributed by atoms with Gasteiger partial charge in [0.15, 0.2) is 0 Å². The van der Waals surface area contributed by atoms with E-state index in [9.17, 15) is 0 Å². The molecular weight excluding hydrogens is 248 g/mol. The summed E-state index contributed by atoms with van der Waals surface area (Å²) >= 11 is 0. The molecule has 0 saturated carbocycles. The van der Waals surface area contributed by atoms with E-state index >= 15 is 0 Å². The molecule has 0 bridgehead atoms. The van der Waals surface area contributed by atoms with Crippen molar-refractivity contribution in [2.45, 2.75) is 44.3 Å². The summed E-state index contributed by atoms with van der Waals surface area (Å²) in [5.41, 5.74) is 7.57. The number of fused-ring (bicyclic) bond motifs is 1. The molecule has 4 heteroatoms. The molecule has 0 aliphatic carbocycles. The van der Waals surface area contributed by atoms with E-state index in [1.807, 2.05) is 12.3 Å². The molecule has 2 fully saturated rings. The average molecular weight is 274 g/mol. The summed E-state index contributed by atoms with van der Waals surface area (Å²) in [5, 5.41) is 0. The van der Waals surface area contributed by atoms with Crippen LogP contribution in [0.1, 0.15) is 31.9 Å². The van der Waals surface area contributed by atoms with Gasteiger partial charge in [-0.15, -0.1) is 0 Å². The lowest BCUT2D eigenvalue weighted by Crippen LogP contribution is -2.59. The van der Waals surface area contributed by atoms with Crippen molar-refractivity contribution in [3.05, 3.63) is 30.1 Å². The van der Waals surface area contributed by atoms with Crippen LogP contribution in [0.15, 0.2) is 24.4 Å². The van der Waals surface area contributed by atoms with E-state index in [0.717, 1.165) is 25.3 Å². The molecule has 110 valence electrons. The number of nitrogens with zero attached hydrogens (tertiary/aromatic N) is 3. The van der Waals surface area contributed by atoms with Crippen LogP contribution in [0.4, 0.5) is 0 Å². The monoisotopic (exact) mass is 274 g/mol. The first-order valence-electron chi connectivity index (χ1n) is 7.89. The van der Waals surface area contributed by atoms with Crippen LogP contribution in [0, 0.1) is 0 Å². The van der Waals surface area contributed by atoms with Crippen molar-refractivity contribution in [3.8, 4) is 0 Å². The van der Waals surface area contributed by atoms with Crippen molar-refractivity contribution in [1.29, 1.82) is 0 Å². The molecule has 0 aromatic carbocycles. The Morgan fingerprint density at radius 1 is 1.45 bits per heavy atom. The van der Waals surface area contributed by atoms with Crippen LogP contribution in [-0.2, 0) is 6.54 Å². The lowest BCUT2D eigenvalue weighted by atomic mass is 9.86. The number of likely N-dealkylation sites (N-methyl/N-ethyl adjacent to an activating group) is 1. The molecule has 2 atom stereocenters. The summed E-state index contributed by atoms with van der Waals surface area (Å²) in [5.74, 6) is 0.